The van der Waals surface area contributed by atoms with Crippen molar-refractivity contribution in [1.29, 1.82) is 0 Å². The number of unbranched alkanes of at least 4 members (excludes halogenated alkanes) is 1. The first kappa shape index (κ1) is 20.4. The van der Waals surface area contributed by atoms with Gasteiger partial charge in [-0.15, -0.1) is 0 Å². The Balaban J connectivity index is 4.26. The third-order valence-corrected chi connectivity index (χ3v) is 4.61. The van der Waals surface area contributed by atoms with E-state index in [1.165, 1.54) is 43.4 Å². The van der Waals surface area contributed by atoms with E-state index in [-0.39, 0.29) is 6.17 Å². The van der Waals surface area contributed by atoms with Gasteiger partial charge < -0.3 is 0 Å². The van der Waals surface area contributed by atoms with Gasteiger partial charge in [-0.2, -0.15) is 0 Å². The van der Waals surface area contributed by atoms with Crippen molar-refractivity contribution in [3.05, 3.63) is 12.2 Å². The van der Waals surface area contributed by atoms with Crippen LogP contribution in [0.3, 0.4) is 0 Å². The minimum absolute atomic E-state index is 0.261. The molecule has 21 heavy (non-hydrogen) atoms. The molecule has 0 amide bonds. The summed E-state index contributed by atoms with van der Waals surface area (Å²) in [5.74, 6) is 1.31. The number of nitrogens with one attached hydrogen (secondary N) is 1. The molecule has 0 heterocycles. The van der Waals surface area contributed by atoms with Crippen molar-refractivity contribution in [3.63, 3.8) is 0 Å². The molecule has 0 aliphatic heterocycles. The molecule has 0 bridgehead atoms. The Bertz CT molecular complexity index is 307. The molecule has 1 N–H and O–H groups in total. The van der Waals surface area contributed by atoms with Gasteiger partial charge in [0.25, 0.3) is 0 Å². The quantitative estimate of drug-likeness (QED) is 0.283. The molecule has 0 rings (SSSR count). The zero-order chi connectivity index (χ0) is 16.3. The van der Waals surface area contributed by atoms with E-state index in [4.69, 9.17) is 4.99 Å². The molecular formula is C19H38N2. The zero-order valence-corrected chi connectivity index (χ0v) is 15.3. The lowest BCUT2D eigenvalue weighted by Gasteiger charge is -2.26. The van der Waals surface area contributed by atoms with Crippen molar-refractivity contribution >= 4 is 5.71 Å². The molecule has 0 aromatic heterocycles. The molecule has 0 radical (unpaired) electrons. The second kappa shape index (κ2) is 12.0. The van der Waals surface area contributed by atoms with Crippen molar-refractivity contribution in [2.24, 2.45) is 16.8 Å². The molecule has 0 fully saturated rings. The topological polar surface area (TPSA) is 24.4 Å². The van der Waals surface area contributed by atoms with Gasteiger partial charge >= 0.3 is 0 Å². The number of aliphatic imine (C=N–C) groups is 1. The largest absolute Gasteiger partial charge is 0.299 e. The van der Waals surface area contributed by atoms with Crippen molar-refractivity contribution < 1.29 is 0 Å². The zero-order valence-electron chi connectivity index (χ0n) is 15.3. The van der Waals surface area contributed by atoms with E-state index >= 15 is 0 Å². The summed E-state index contributed by atoms with van der Waals surface area (Å²) < 4.78 is 0. The maximum Gasteiger partial charge on any atom is 0.102 e. The second-order valence-corrected chi connectivity index (χ2v) is 6.53. The van der Waals surface area contributed by atoms with Crippen LogP contribution in [0.5, 0.6) is 0 Å². The summed E-state index contributed by atoms with van der Waals surface area (Å²) in [6.45, 7) is 15.4. The molecule has 0 aliphatic carbocycles. The van der Waals surface area contributed by atoms with Crippen LogP contribution < -0.4 is 5.32 Å². The minimum atomic E-state index is 0.261. The maximum atomic E-state index is 4.92. The third-order valence-electron chi connectivity index (χ3n) is 4.61. The standard InChI is InChI=1S/C19H38N2/c1-8-12-16(4)18(6)19(20-7)21-17(5)14-11-10-13-15(3)9-2/h16,18-20H,3,8-14H2,1-2,4-7H3. The molecule has 2 nitrogen and oxygen atoms in total. The average molecular weight is 295 g/mol. The van der Waals surface area contributed by atoms with Crippen LogP contribution in [0.15, 0.2) is 17.1 Å². The van der Waals surface area contributed by atoms with Crippen molar-refractivity contribution in [1.82, 2.24) is 5.32 Å². The van der Waals surface area contributed by atoms with Gasteiger partial charge in [0, 0.05) is 5.71 Å². The van der Waals surface area contributed by atoms with Crippen LogP contribution in [0.1, 0.15) is 79.6 Å². The Morgan fingerprint density at radius 2 is 1.76 bits per heavy atom. The first-order valence-electron chi connectivity index (χ1n) is 8.83. The van der Waals surface area contributed by atoms with Gasteiger partial charge in [0.05, 0.1) is 0 Å². The number of rotatable bonds is 12. The summed E-state index contributed by atoms with van der Waals surface area (Å²) in [7, 11) is 2.03. The lowest BCUT2D eigenvalue weighted by molar-refractivity contribution is 0.285. The van der Waals surface area contributed by atoms with Crippen molar-refractivity contribution in [3.8, 4) is 0 Å². The molecule has 0 spiro atoms. The van der Waals surface area contributed by atoms with E-state index in [2.05, 4.69) is 46.5 Å². The Morgan fingerprint density at radius 3 is 2.29 bits per heavy atom. The fourth-order valence-corrected chi connectivity index (χ4v) is 2.71. The lowest BCUT2D eigenvalue weighted by atomic mass is 9.89. The molecule has 3 atom stereocenters. The summed E-state index contributed by atoms with van der Waals surface area (Å²) in [4.78, 5) is 4.92. The van der Waals surface area contributed by atoms with E-state index in [1.807, 2.05) is 7.05 Å². The van der Waals surface area contributed by atoms with Gasteiger partial charge in [-0.05, 0) is 57.9 Å². The van der Waals surface area contributed by atoms with Crippen molar-refractivity contribution in [2.45, 2.75) is 85.7 Å². The summed E-state index contributed by atoms with van der Waals surface area (Å²) in [5.41, 5.74) is 2.66. The molecule has 0 saturated carbocycles. The number of allylic oxidation sites excluding steroid dienone is 1. The van der Waals surface area contributed by atoms with E-state index in [9.17, 15) is 0 Å². The van der Waals surface area contributed by atoms with Crippen LogP contribution >= 0.6 is 0 Å². The predicted octanol–water partition coefficient (Wildman–Crippen LogP) is 5.59. The van der Waals surface area contributed by atoms with Gasteiger partial charge in [-0.1, -0.05) is 52.7 Å². The van der Waals surface area contributed by atoms with Crippen LogP contribution in [0.4, 0.5) is 0 Å². The first-order chi connectivity index (χ1) is 9.96. The molecule has 124 valence electrons. The van der Waals surface area contributed by atoms with Crippen LogP contribution in [-0.4, -0.2) is 18.9 Å². The number of nitrogens with zero attached hydrogens (tertiary/aromatic N) is 1. The predicted molar refractivity (Wildman–Crippen MR) is 97.1 cm³/mol. The van der Waals surface area contributed by atoms with Crippen LogP contribution in [-0.2, 0) is 0 Å². The summed E-state index contributed by atoms with van der Waals surface area (Å²) >= 11 is 0. The number of hydrogen-bond donors (Lipinski definition) is 1. The van der Waals surface area contributed by atoms with E-state index in [0.717, 1.165) is 18.8 Å². The van der Waals surface area contributed by atoms with Crippen molar-refractivity contribution in [2.75, 3.05) is 7.05 Å². The molecule has 0 aliphatic rings. The van der Waals surface area contributed by atoms with E-state index < -0.39 is 0 Å². The Kier molecular flexibility index (Phi) is 11.6. The Hall–Kier alpha value is -0.630. The van der Waals surface area contributed by atoms with Crippen LogP contribution in [0.25, 0.3) is 0 Å². The number of hydrogen-bond acceptors (Lipinski definition) is 2. The Morgan fingerprint density at radius 1 is 1.14 bits per heavy atom. The van der Waals surface area contributed by atoms with Gasteiger partial charge in [-0.25, -0.2) is 0 Å². The average Bonchev–Trinajstić information content (AvgIpc) is 2.48. The normalized spacial score (nSPS) is 16.6. The van der Waals surface area contributed by atoms with Gasteiger partial charge in [0.2, 0.25) is 0 Å². The monoisotopic (exact) mass is 294 g/mol. The highest BCUT2D eigenvalue weighted by molar-refractivity contribution is 5.82. The summed E-state index contributed by atoms with van der Waals surface area (Å²) in [6.07, 6.45) is 8.67. The molecule has 0 aromatic rings. The van der Waals surface area contributed by atoms with E-state index in [0.29, 0.717) is 5.92 Å². The first-order valence-corrected chi connectivity index (χ1v) is 8.83. The molecule has 0 saturated heterocycles. The Labute approximate surface area is 133 Å². The smallest absolute Gasteiger partial charge is 0.102 e. The fraction of sp³-hybridized carbons (Fsp3) is 0.842. The maximum absolute atomic E-state index is 4.92. The molecular weight excluding hydrogens is 256 g/mol. The minimum Gasteiger partial charge on any atom is -0.299 e. The summed E-state index contributed by atoms with van der Waals surface area (Å²) in [6, 6.07) is 0. The lowest BCUT2D eigenvalue weighted by Crippen LogP contribution is -2.34. The van der Waals surface area contributed by atoms with Gasteiger partial charge in [0.15, 0.2) is 0 Å². The molecule has 0 aromatic carbocycles. The highest BCUT2D eigenvalue weighted by atomic mass is 15.1. The fourth-order valence-electron chi connectivity index (χ4n) is 2.71. The van der Waals surface area contributed by atoms with Gasteiger partial charge in [-0.3, -0.25) is 10.3 Å². The SMILES string of the molecule is C=C(CC)CCCCC(C)=NC(NC)C(C)C(C)CCC. The molecule has 3 unspecified atom stereocenters. The van der Waals surface area contributed by atoms with Crippen LogP contribution in [0, 0.1) is 11.8 Å². The summed E-state index contributed by atoms with van der Waals surface area (Å²) in [5, 5.41) is 3.39. The highest BCUT2D eigenvalue weighted by Crippen LogP contribution is 2.21. The second-order valence-electron chi connectivity index (χ2n) is 6.53. The van der Waals surface area contributed by atoms with Gasteiger partial charge in [0.1, 0.15) is 6.17 Å². The molecule has 2 heteroatoms. The third kappa shape index (κ3) is 9.08. The van der Waals surface area contributed by atoms with E-state index in [1.54, 1.807) is 0 Å². The van der Waals surface area contributed by atoms with Crippen LogP contribution in [0.2, 0.25) is 0 Å². The highest BCUT2D eigenvalue weighted by Gasteiger charge is 2.20.